The Balaban J connectivity index is 2.33. The lowest BCUT2D eigenvalue weighted by Gasteiger charge is -2.17. The van der Waals surface area contributed by atoms with Gasteiger partial charge in [-0.1, -0.05) is 77.2 Å². The zero-order valence-electron chi connectivity index (χ0n) is 11.5. The van der Waals surface area contributed by atoms with Crippen LogP contribution in [0.3, 0.4) is 0 Å². The highest BCUT2D eigenvalue weighted by molar-refractivity contribution is 9.10. The molecule has 0 aliphatic rings. The Kier molecular flexibility index (Phi) is 3.03. The van der Waals surface area contributed by atoms with Gasteiger partial charge in [0.1, 0.15) is 0 Å². The number of benzene rings is 3. The molecule has 3 aromatic carbocycles. The van der Waals surface area contributed by atoms with Crippen LogP contribution in [-0.2, 0) is 0 Å². The third-order valence-corrected chi connectivity index (χ3v) is 6.20. The Morgan fingerprint density at radius 1 is 0.737 bits per heavy atom. The predicted octanol–water partition coefficient (Wildman–Crippen LogP) is 5.30. The van der Waals surface area contributed by atoms with Gasteiger partial charge in [0, 0.05) is 4.47 Å². The summed E-state index contributed by atoms with van der Waals surface area (Å²) in [6, 6.07) is 18.0. The van der Waals surface area contributed by atoms with Crippen molar-refractivity contribution in [2.75, 3.05) is 0 Å². The van der Waals surface area contributed by atoms with Crippen molar-refractivity contribution in [3.63, 3.8) is 0 Å². The molecule has 96 valence electrons. The molecule has 19 heavy (non-hydrogen) atoms. The first-order valence-electron chi connectivity index (χ1n) is 6.58. The van der Waals surface area contributed by atoms with E-state index in [2.05, 4.69) is 84.1 Å². The van der Waals surface area contributed by atoms with Crippen molar-refractivity contribution in [3.05, 3.63) is 53.0 Å². The van der Waals surface area contributed by atoms with Crippen LogP contribution in [0.25, 0.3) is 21.5 Å². The van der Waals surface area contributed by atoms with Gasteiger partial charge in [0.25, 0.3) is 0 Å². The van der Waals surface area contributed by atoms with Gasteiger partial charge in [-0.05, 0) is 33.7 Å². The molecule has 0 N–H and O–H groups in total. The van der Waals surface area contributed by atoms with Crippen molar-refractivity contribution < 1.29 is 0 Å². The van der Waals surface area contributed by atoms with Gasteiger partial charge >= 0.3 is 0 Å². The third kappa shape index (κ3) is 2.35. The summed E-state index contributed by atoms with van der Waals surface area (Å²) in [5.41, 5.74) is 0. The van der Waals surface area contributed by atoms with Crippen LogP contribution in [0.15, 0.2) is 53.0 Å². The molecule has 0 spiro atoms. The van der Waals surface area contributed by atoms with E-state index in [0.717, 1.165) is 4.47 Å². The lowest BCUT2D eigenvalue weighted by atomic mass is 10.0. The van der Waals surface area contributed by atoms with Crippen LogP contribution >= 0.6 is 15.9 Å². The topological polar surface area (TPSA) is 0 Å². The van der Waals surface area contributed by atoms with Crippen LogP contribution in [0.2, 0.25) is 19.6 Å². The second kappa shape index (κ2) is 4.46. The van der Waals surface area contributed by atoms with E-state index in [1.807, 2.05) is 0 Å². The van der Waals surface area contributed by atoms with E-state index in [1.54, 1.807) is 0 Å². The van der Waals surface area contributed by atoms with Gasteiger partial charge < -0.3 is 0 Å². The van der Waals surface area contributed by atoms with Crippen molar-refractivity contribution in [3.8, 4) is 0 Å². The van der Waals surface area contributed by atoms with Crippen LogP contribution in [0.4, 0.5) is 0 Å². The van der Waals surface area contributed by atoms with Crippen LogP contribution in [-0.4, -0.2) is 8.07 Å². The van der Waals surface area contributed by atoms with Crippen LogP contribution in [0, 0.1) is 0 Å². The number of hydrogen-bond acceptors (Lipinski definition) is 0. The molecule has 0 nitrogen and oxygen atoms in total. The van der Waals surface area contributed by atoms with Gasteiger partial charge in [-0.15, -0.1) is 0 Å². The molecule has 0 aliphatic carbocycles. The van der Waals surface area contributed by atoms with Crippen LogP contribution in [0.1, 0.15) is 0 Å². The summed E-state index contributed by atoms with van der Waals surface area (Å²) in [4.78, 5) is 0. The first kappa shape index (κ1) is 12.9. The van der Waals surface area contributed by atoms with Crippen molar-refractivity contribution in [1.82, 2.24) is 0 Å². The first-order chi connectivity index (χ1) is 8.95. The molecular weight excluding hydrogens is 312 g/mol. The summed E-state index contributed by atoms with van der Waals surface area (Å²) in [6.45, 7) is 7.19. The molecule has 0 unspecified atom stereocenters. The molecule has 0 aliphatic heterocycles. The van der Waals surface area contributed by atoms with E-state index in [9.17, 15) is 0 Å². The first-order valence-corrected chi connectivity index (χ1v) is 10.9. The van der Waals surface area contributed by atoms with Gasteiger partial charge in [0.2, 0.25) is 0 Å². The van der Waals surface area contributed by atoms with Crippen LogP contribution < -0.4 is 5.19 Å². The maximum atomic E-state index is 3.54. The Hall–Kier alpha value is -1.12. The average molecular weight is 329 g/mol. The summed E-state index contributed by atoms with van der Waals surface area (Å²) in [6.07, 6.45) is 0. The van der Waals surface area contributed by atoms with Gasteiger partial charge in [-0.25, -0.2) is 0 Å². The Bertz CT molecular complexity index is 769. The molecule has 0 fully saturated rings. The van der Waals surface area contributed by atoms with E-state index >= 15 is 0 Å². The molecule has 0 saturated heterocycles. The molecule has 2 heteroatoms. The lowest BCUT2D eigenvalue weighted by molar-refractivity contribution is 1.70. The highest BCUT2D eigenvalue weighted by Gasteiger charge is 2.16. The summed E-state index contributed by atoms with van der Waals surface area (Å²) in [7, 11) is -1.23. The highest BCUT2D eigenvalue weighted by Crippen LogP contribution is 2.27. The largest absolute Gasteiger partial charge is 0.0776 e. The van der Waals surface area contributed by atoms with E-state index in [-0.39, 0.29) is 0 Å². The van der Waals surface area contributed by atoms with Crippen LogP contribution in [0.5, 0.6) is 0 Å². The van der Waals surface area contributed by atoms with E-state index in [1.165, 1.54) is 26.7 Å². The van der Waals surface area contributed by atoms with E-state index in [4.69, 9.17) is 0 Å². The fourth-order valence-electron chi connectivity index (χ4n) is 2.51. The zero-order valence-corrected chi connectivity index (χ0v) is 14.1. The standard InChI is InChI=1S/C17H17BrSi/c1-19(2,3)15-7-9-17-13(11-15)5-4-12-10-14(18)6-8-16(12)17/h4-11H,1-3H3. The van der Waals surface area contributed by atoms with Crippen molar-refractivity contribution in [2.24, 2.45) is 0 Å². The quantitative estimate of drug-likeness (QED) is 0.420. The second-order valence-corrected chi connectivity index (χ2v) is 12.1. The third-order valence-electron chi connectivity index (χ3n) is 3.66. The van der Waals surface area contributed by atoms with E-state index < -0.39 is 8.07 Å². The number of halogens is 1. The minimum absolute atomic E-state index is 1.14. The molecule has 0 atom stereocenters. The lowest BCUT2D eigenvalue weighted by Crippen LogP contribution is -2.37. The SMILES string of the molecule is C[Si](C)(C)c1ccc2c(ccc3cc(Br)ccc32)c1. The summed E-state index contributed by atoms with van der Waals surface area (Å²) in [5, 5.41) is 6.86. The maximum absolute atomic E-state index is 3.54. The molecular formula is C17H17BrSi. The van der Waals surface area contributed by atoms with Gasteiger partial charge in [0.15, 0.2) is 0 Å². The minimum Gasteiger partial charge on any atom is -0.0656 e. The fourth-order valence-corrected chi connectivity index (χ4v) is 4.06. The van der Waals surface area contributed by atoms with Crippen molar-refractivity contribution >= 4 is 50.7 Å². The fraction of sp³-hybridized carbons (Fsp3) is 0.176. The van der Waals surface area contributed by atoms with Gasteiger partial charge in [-0.3, -0.25) is 0 Å². The molecule has 0 aromatic heterocycles. The van der Waals surface area contributed by atoms with Crippen molar-refractivity contribution in [2.45, 2.75) is 19.6 Å². The highest BCUT2D eigenvalue weighted by atomic mass is 79.9. The Morgan fingerprint density at radius 3 is 1.95 bits per heavy atom. The molecule has 3 aromatic rings. The monoisotopic (exact) mass is 328 g/mol. The molecule has 0 bridgehead atoms. The Labute approximate surface area is 123 Å². The van der Waals surface area contributed by atoms with Gasteiger partial charge in [-0.2, -0.15) is 0 Å². The average Bonchev–Trinajstić information content (AvgIpc) is 2.36. The summed E-state index contributed by atoms with van der Waals surface area (Å²) in [5.74, 6) is 0. The molecule has 0 heterocycles. The molecule has 3 rings (SSSR count). The number of fused-ring (bicyclic) bond motifs is 3. The number of hydrogen-bond donors (Lipinski definition) is 0. The second-order valence-electron chi connectivity index (χ2n) is 6.12. The predicted molar refractivity (Wildman–Crippen MR) is 92.1 cm³/mol. The smallest absolute Gasteiger partial charge is 0.0656 e. The Morgan fingerprint density at radius 2 is 1.32 bits per heavy atom. The van der Waals surface area contributed by atoms with Crippen molar-refractivity contribution in [1.29, 1.82) is 0 Å². The molecule has 0 amide bonds. The minimum atomic E-state index is -1.23. The summed E-state index contributed by atoms with van der Waals surface area (Å²) < 4.78 is 1.14. The van der Waals surface area contributed by atoms with Gasteiger partial charge in [0.05, 0.1) is 8.07 Å². The maximum Gasteiger partial charge on any atom is 0.0776 e. The molecule has 0 saturated carbocycles. The zero-order chi connectivity index (χ0) is 13.6. The number of rotatable bonds is 1. The molecule has 0 radical (unpaired) electrons. The summed E-state index contributed by atoms with van der Waals surface area (Å²) >= 11 is 3.54. The van der Waals surface area contributed by atoms with E-state index in [0.29, 0.717) is 0 Å². The normalized spacial score (nSPS) is 12.2.